The van der Waals surface area contributed by atoms with E-state index in [0.29, 0.717) is 5.75 Å². The zero-order valence-corrected chi connectivity index (χ0v) is 10.3. The fourth-order valence-electron chi connectivity index (χ4n) is 0.971. The largest absolute Gasteiger partial charge is 0.480 e. The van der Waals surface area contributed by atoms with Crippen molar-refractivity contribution in [1.29, 1.82) is 0 Å². The van der Waals surface area contributed by atoms with Gasteiger partial charge in [0.2, 0.25) is 11.8 Å². The van der Waals surface area contributed by atoms with E-state index in [1.54, 1.807) is 6.26 Å². The average molecular weight is 248 g/mol. The average Bonchev–Trinajstić information content (AvgIpc) is 2.16. The van der Waals surface area contributed by atoms with Crippen LogP contribution in [-0.2, 0) is 14.4 Å². The van der Waals surface area contributed by atoms with Crippen LogP contribution in [0.5, 0.6) is 0 Å². The van der Waals surface area contributed by atoms with Gasteiger partial charge >= 0.3 is 5.97 Å². The molecule has 0 saturated heterocycles. The second-order valence-corrected chi connectivity index (χ2v) is 4.19. The van der Waals surface area contributed by atoms with Crippen molar-refractivity contribution in [2.75, 3.05) is 12.0 Å². The minimum Gasteiger partial charge on any atom is -0.480 e. The van der Waals surface area contributed by atoms with Crippen LogP contribution in [0, 0.1) is 0 Å². The number of thioether (sulfide) groups is 1. The molecule has 0 fully saturated rings. The maximum Gasteiger partial charge on any atom is 0.325 e. The molecular weight excluding hydrogens is 232 g/mol. The molecule has 0 aromatic carbocycles. The van der Waals surface area contributed by atoms with Crippen LogP contribution < -0.4 is 10.6 Å². The fourth-order valence-corrected chi connectivity index (χ4v) is 1.54. The summed E-state index contributed by atoms with van der Waals surface area (Å²) >= 11 is 1.39. The highest BCUT2D eigenvalue weighted by Crippen LogP contribution is 1.98. The van der Waals surface area contributed by atoms with Crippen molar-refractivity contribution in [2.24, 2.45) is 0 Å². The molecule has 0 bridgehead atoms. The van der Waals surface area contributed by atoms with Gasteiger partial charge in [-0.3, -0.25) is 14.4 Å². The van der Waals surface area contributed by atoms with Crippen LogP contribution in [0.25, 0.3) is 0 Å². The second-order valence-electron chi connectivity index (χ2n) is 3.28. The van der Waals surface area contributed by atoms with E-state index in [2.05, 4.69) is 10.6 Å². The molecule has 0 heterocycles. The van der Waals surface area contributed by atoms with Gasteiger partial charge in [0.15, 0.2) is 0 Å². The highest BCUT2D eigenvalue weighted by molar-refractivity contribution is 7.98. The summed E-state index contributed by atoms with van der Waals surface area (Å²) in [5.41, 5.74) is 0. The van der Waals surface area contributed by atoms with Gasteiger partial charge in [-0.05, 0) is 13.2 Å². The molecule has 6 nitrogen and oxygen atoms in total. The maximum absolute atomic E-state index is 11.6. The number of carbonyl (C=O) groups excluding carboxylic acids is 2. The van der Waals surface area contributed by atoms with E-state index < -0.39 is 24.0 Å². The van der Waals surface area contributed by atoms with Gasteiger partial charge in [0.1, 0.15) is 12.1 Å². The summed E-state index contributed by atoms with van der Waals surface area (Å²) in [4.78, 5) is 32.9. The molecule has 92 valence electrons. The smallest absolute Gasteiger partial charge is 0.325 e. The van der Waals surface area contributed by atoms with Gasteiger partial charge in [-0.25, -0.2) is 0 Å². The first-order valence-corrected chi connectivity index (χ1v) is 6.07. The zero-order valence-electron chi connectivity index (χ0n) is 9.44. The van der Waals surface area contributed by atoms with Crippen LogP contribution in [0.3, 0.4) is 0 Å². The molecular formula is C9H16N2O4S. The predicted octanol–water partition coefficient (Wildman–Crippen LogP) is -0.557. The number of carbonyl (C=O) groups is 3. The van der Waals surface area contributed by atoms with Gasteiger partial charge in [-0.15, -0.1) is 0 Å². The number of nitrogens with one attached hydrogen (secondary N) is 2. The first-order valence-electron chi connectivity index (χ1n) is 4.67. The minimum atomic E-state index is -1.11. The van der Waals surface area contributed by atoms with Gasteiger partial charge in [-0.1, -0.05) is 0 Å². The molecule has 16 heavy (non-hydrogen) atoms. The summed E-state index contributed by atoms with van der Waals surface area (Å²) in [5.74, 6) is -1.52. The molecule has 0 aliphatic heterocycles. The van der Waals surface area contributed by atoms with Crippen molar-refractivity contribution in [1.82, 2.24) is 10.6 Å². The summed E-state index contributed by atoms with van der Waals surface area (Å²) < 4.78 is 0. The van der Waals surface area contributed by atoms with E-state index in [1.165, 1.54) is 25.6 Å². The van der Waals surface area contributed by atoms with E-state index in [1.807, 2.05) is 0 Å². The van der Waals surface area contributed by atoms with Gasteiger partial charge in [0.25, 0.3) is 0 Å². The van der Waals surface area contributed by atoms with Crippen molar-refractivity contribution in [2.45, 2.75) is 25.9 Å². The van der Waals surface area contributed by atoms with Crippen molar-refractivity contribution < 1.29 is 19.5 Å². The minimum absolute atomic E-state index is 0.322. The molecule has 0 spiro atoms. The maximum atomic E-state index is 11.6. The van der Waals surface area contributed by atoms with Crippen LogP contribution in [0.15, 0.2) is 0 Å². The molecule has 2 atom stereocenters. The highest BCUT2D eigenvalue weighted by atomic mass is 32.2. The monoisotopic (exact) mass is 248 g/mol. The van der Waals surface area contributed by atoms with Crippen LogP contribution in [0.1, 0.15) is 13.8 Å². The molecule has 7 heteroatoms. The molecule has 0 aromatic rings. The van der Waals surface area contributed by atoms with Crippen molar-refractivity contribution in [3.05, 3.63) is 0 Å². The Morgan fingerprint density at radius 2 is 1.88 bits per heavy atom. The molecule has 0 aliphatic rings. The number of carboxylic acids is 1. The van der Waals surface area contributed by atoms with Crippen molar-refractivity contribution >= 4 is 29.5 Å². The molecule has 0 aliphatic carbocycles. The summed E-state index contributed by atoms with van der Waals surface area (Å²) in [6, 6.07) is -1.67. The Morgan fingerprint density at radius 1 is 1.31 bits per heavy atom. The summed E-state index contributed by atoms with van der Waals surface area (Å²) in [6.45, 7) is 2.67. The number of amides is 2. The van der Waals surface area contributed by atoms with Gasteiger partial charge < -0.3 is 15.7 Å². The Labute approximate surface area is 98.2 Å². The Hall–Kier alpha value is -1.24. The first-order chi connectivity index (χ1) is 7.38. The third-order valence-electron chi connectivity index (χ3n) is 1.76. The molecule has 0 saturated carbocycles. The quantitative estimate of drug-likeness (QED) is 0.586. The fraction of sp³-hybridized carbons (Fsp3) is 0.667. The summed E-state index contributed by atoms with van der Waals surface area (Å²) in [5, 5.41) is 13.4. The Kier molecular flexibility index (Phi) is 6.55. The summed E-state index contributed by atoms with van der Waals surface area (Å²) in [6.07, 6.45) is 1.79. The molecule has 0 radical (unpaired) electrons. The molecule has 3 N–H and O–H groups in total. The van der Waals surface area contributed by atoms with Crippen molar-refractivity contribution in [3.8, 4) is 0 Å². The lowest BCUT2D eigenvalue weighted by molar-refractivity contribution is -0.141. The van der Waals surface area contributed by atoms with E-state index in [0.717, 1.165) is 0 Å². The third kappa shape index (κ3) is 5.59. The lowest BCUT2D eigenvalue weighted by atomic mass is 10.2. The number of hydrogen-bond acceptors (Lipinski definition) is 4. The van der Waals surface area contributed by atoms with E-state index in [4.69, 9.17) is 5.11 Å². The van der Waals surface area contributed by atoms with E-state index >= 15 is 0 Å². The second kappa shape index (κ2) is 7.10. The Bertz CT molecular complexity index is 283. The number of carboxylic acid groups (broad SMARTS) is 1. The number of hydrogen-bond donors (Lipinski definition) is 3. The van der Waals surface area contributed by atoms with Gasteiger partial charge in [0, 0.05) is 12.7 Å². The van der Waals surface area contributed by atoms with Crippen LogP contribution in [0.2, 0.25) is 0 Å². The van der Waals surface area contributed by atoms with Gasteiger partial charge in [-0.2, -0.15) is 11.8 Å². The Balaban J connectivity index is 4.37. The topological polar surface area (TPSA) is 95.5 Å². The summed E-state index contributed by atoms with van der Waals surface area (Å²) in [7, 11) is 0. The zero-order chi connectivity index (χ0) is 12.7. The lowest BCUT2D eigenvalue weighted by Gasteiger charge is -2.18. The van der Waals surface area contributed by atoms with E-state index in [9.17, 15) is 14.4 Å². The lowest BCUT2D eigenvalue weighted by Crippen LogP contribution is -2.51. The van der Waals surface area contributed by atoms with Gasteiger partial charge in [0.05, 0.1) is 0 Å². The molecule has 0 rings (SSSR count). The standard InChI is InChI=1S/C9H16N2O4S/c1-5(9(14)15)10-8(13)7(4-16-3)11-6(2)12/h5,7H,4H2,1-3H3,(H,10,13)(H,11,12)(H,14,15). The number of rotatable bonds is 6. The van der Waals surface area contributed by atoms with Crippen LogP contribution in [-0.4, -0.2) is 47.0 Å². The molecule has 2 amide bonds. The normalized spacial score (nSPS) is 13.7. The van der Waals surface area contributed by atoms with Crippen LogP contribution in [0.4, 0.5) is 0 Å². The highest BCUT2D eigenvalue weighted by Gasteiger charge is 2.22. The SMILES string of the molecule is CSCC(NC(C)=O)C(=O)NC(C)C(=O)O. The number of aliphatic carboxylic acids is 1. The predicted molar refractivity (Wildman–Crippen MR) is 61.2 cm³/mol. The van der Waals surface area contributed by atoms with Crippen molar-refractivity contribution in [3.63, 3.8) is 0 Å². The Morgan fingerprint density at radius 3 is 2.25 bits per heavy atom. The molecule has 0 aromatic heterocycles. The molecule has 2 unspecified atom stereocenters. The first kappa shape index (κ1) is 14.8. The van der Waals surface area contributed by atoms with E-state index in [-0.39, 0.29) is 5.91 Å². The van der Waals surface area contributed by atoms with Crippen LogP contribution >= 0.6 is 11.8 Å². The third-order valence-corrected chi connectivity index (χ3v) is 2.42.